The van der Waals surface area contributed by atoms with Crippen LogP contribution in [0, 0.1) is 5.82 Å². The van der Waals surface area contributed by atoms with Crippen molar-refractivity contribution in [1.29, 1.82) is 0 Å². The van der Waals surface area contributed by atoms with Gasteiger partial charge in [0.25, 0.3) is 0 Å². The summed E-state index contributed by atoms with van der Waals surface area (Å²) >= 11 is 0. The van der Waals surface area contributed by atoms with E-state index in [9.17, 15) is 9.18 Å². The zero-order chi connectivity index (χ0) is 16.9. The highest BCUT2D eigenvalue weighted by Crippen LogP contribution is 2.21. The Labute approximate surface area is 138 Å². The minimum Gasteiger partial charge on any atom is -0.490 e. The molecule has 3 rings (SSSR count). The molecule has 0 saturated heterocycles. The zero-order valence-corrected chi connectivity index (χ0v) is 12.9. The molecular formula is C20H15FO3. The summed E-state index contributed by atoms with van der Waals surface area (Å²) in [6.07, 6.45) is 1.65. The van der Waals surface area contributed by atoms with Crippen LogP contribution in [0.3, 0.4) is 0 Å². The molecule has 0 atom stereocenters. The van der Waals surface area contributed by atoms with Gasteiger partial charge in [-0.15, -0.1) is 0 Å². The van der Waals surface area contributed by atoms with Crippen molar-refractivity contribution in [2.75, 3.05) is 6.61 Å². The van der Waals surface area contributed by atoms with Crippen LogP contribution < -0.4 is 9.47 Å². The molecule has 0 saturated carbocycles. The van der Waals surface area contributed by atoms with Gasteiger partial charge in [-0.2, -0.15) is 0 Å². The molecule has 0 aromatic heterocycles. The minimum absolute atomic E-state index is 0.309. The molecule has 3 aromatic carbocycles. The molecule has 0 heterocycles. The second kappa shape index (κ2) is 6.96. The van der Waals surface area contributed by atoms with E-state index in [1.165, 1.54) is 12.1 Å². The first-order chi connectivity index (χ1) is 11.7. The smallest absolute Gasteiger partial charge is 0.343 e. The van der Waals surface area contributed by atoms with E-state index in [2.05, 4.69) is 6.58 Å². The van der Waals surface area contributed by atoms with Crippen molar-refractivity contribution in [2.24, 2.45) is 0 Å². The van der Waals surface area contributed by atoms with Gasteiger partial charge in [-0.3, -0.25) is 0 Å². The second-order valence-electron chi connectivity index (χ2n) is 5.17. The standard InChI is InChI=1S/C20H15FO3/c1-2-11-23-18-7-9-19(10-8-18)24-20(22)16-4-3-15-13-17(21)6-5-14(15)12-16/h2-10,12-13H,1,11H2. The maximum atomic E-state index is 13.2. The van der Waals surface area contributed by atoms with Gasteiger partial charge in [0, 0.05) is 0 Å². The lowest BCUT2D eigenvalue weighted by Gasteiger charge is -2.07. The number of benzene rings is 3. The highest BCUT2D eigenvalue weighted by molar-refractivity contribution is 5.96. The number of carbonyl (C=O) groups is 1. The van der Waals surface area contributed by atoms with E-state index < -0.39 is 5.97 Å². The van der Waals surface area contributed by atoms with Crippen LogP contribution in [0.4, 0.5) is 4.39 Å². The first-order valence-electron chi connectivity index (χ1n) is 7.41. The number of halogens is 1. The average molecular weight is 322 g/mol. The normalized spacial score (nSPS) is 10.4. The summed E-state index contributed by atoms with van der Waals surface area (Å²) in [5.74, 6) is 0.310. The molecule has 4 heteroatoms. The topological polar surface area (TPSA) is 35.5 Å². The Kier molecular flexibility index (Phi) is 4.57. The van der Waals surface area contributed by atoms with E-state index in [-0.39, 0.29) is 5.82 Å². The molecule has 0 amide bonds. The number of rotatable bonds is 5. The van der Waals surface area contributed by atoms with Gasteiger partial charge in [-0.05, 0) is 59.3 Å². The Balaban J connectivity index is 1.74. The summed E-state index contributed by atoms with van der Waals surface area (Å²) in [7, 11) is 0. The van der Waals surface area contributed by atoms with E-state index in [1.807, 2.05) is 0 Å². The number of hydrogen-bond donors (Lipinski definition) is 0. The number of esters is 1. The van der Waals surface area contributed by atoms with Crippen LogP contribution >= 0.6 is 0 Å². The summed E-state index contributed by atoms with van der Waals surface area (Å²) in [5, 5.41) is 1.51. The highest BCUT2D eigenvalue weighted by Gasteiger charge is 2.10. The van der Waals surface area contributed by atoms with Gasteiger partial charge in [0.15, 0.2) is 0 Å². The van der Waals surface area contributed by atoms with Crippen LogP contribution in [0.1, 0.15) is 10.4 Å². The van der Waals surface area contributed by atoms with Gasteiger partial charge in [0.05, 0.1) is 5.56 Å². The Hall–Kier alpha value is -3.14. The van der Waals surface area contributed by atoms with Crippen molar-refractivity contribution in [3.63, 3.8) is 0 Å². The van der Waals surface area contributed by atoms with Crippen LogP contribution in [-0.2, 0) is 0 Å². The third-order valence-corrected chi connectivity index (χ3v) is 3.44. The number of carbonyl (C=O) groups excluding carboxylic acids is 1. The molecule has 0 unspecified atom stereocenters. The Morgan fingerprint density at radius 1 is 0.958 bits per heavy atom. The summed E-state index contributed by atoms with van der Waals surface area (Å²) in [5.41, 5.74) is 0.404. The molecule has 0 spiro atoms. The predicted molar refractivity (Wildman–Crippen MR) is 91.0 cm³/mol. The third-order valence-electron chi connectivity index (χ3n) is 3.44. The molecule has 0 fully saturated rings. The van der Waals surface area contributed by atoms with Crippen molar-refractivity contribution < 1.29 is 18.7 Å². The van der Waals surface area contributed by atoms with Crippen LogP contribution in [-0.4, -0.2) is 12.6 Å². The fraction of sp³-hybridized carbons (Fsp3) is 0.0500. The van der Waals surface area contributed by atoms with Gasteiger partial charge in [-0.1, -0.05) is 24.8 Å². The number of hydrogen-bond acceptors (Lipinski definition) is 3. The molecule has 0 radical (unpaired) electrons. The largest absolute Gasteiger partial charge is 0.490 e. The van der Waals surface area contributed by atoms with E-state index in [0.717, 1.165) is 10.8 Å². The van der Waals surface area contributed by atoms with Crippen molar-refractivity contribution >= 4 is 16.7 Å². The van der Waals surface area contributed by atoms with E-state index in [4.69, 9.17) is 9.47 Å². The Morgan fingerprint density at radius 3 is 2.38 bits per heavy atom. The molecule has 0 bridgehead atoms. The first-order valence-corrected chi connectivity index (χ1v) is 7.41. The van der Waals surface area contributed by atoms with Crippen LogP contribution in [0.15, 0.2) is 73.3 Å². The predicted octanol–water partition coefficient (Wildman–Crippen LogP) is 4.76. The summed E-state index contributed by atoms with van der Waals surface area (Å²) < 4.78 is 23.9. The lowest BCUT2D eigenvalue weighted by atomic mass is 10.1. The van der Waals surface area contributed by atoms with Crippen molar-refractivity contribution in [1.82, 2.24) is 0 Å². The molecular weight excluding hydrogens is 307 g/mol. The molecule has 3 nitrogen and oxygen atoms in total. The highest BCUT2D eigenvalue weighted by atomic mass is 19.1. The van der Waals surface area contributed by atoms with Crippen LogP contribution in [0.25, 0.3) is 10.8 Å². The van der Waals surface area contributed by atoms with Gasteiger partial charge in [-0.25, -0.2) is 9.18 Å². The van der Waals surface area contributed by atoms with Gasteiger partial charge in [0.1, 0.15) is 23.9 Å². The summed E-state index contributed by atoms with van der Waals surface area (Å²) in [6.45, 7) is 3.99. The molecule has 0 aliphatic carbocycles. The maximum Gasteiger partial charge on any atom is 0.343 e. The first kappa shape index (κ1) is 15.7. The maximum absolute atomic E-state index is 13.2. The molecule has 0 N–H and O–H groups in total. The SMILES string of the molecule is C=CCOc1ccc(OC(=O)c2ccc3cc(F)ccc3c2)cc1. The van der Waals surface area contributed by atoms with E-state index in [1.54, 1.807) is 54.6 Å². The average Bonchev–Trinajstić information content (AvgIpc) is 2.60. The van der Waals surface area contributed by atoms with Crippen molar-refractivity contribution in [3.05, 3.63) is 84.7 Å². The number of fused-ring (bicyclic) bond motifs is 1. The van der Waals surface area contributed by atoms with Gasteiger partial charge in [0.2, 0.25) is 0 Å². The molecule has 3 aromatic rings. The fourth-order valence-electron chi connectivity index (χ4n) is 2.27. The lowest BCUT2D eigenvalue weighted by Crippen LogP contribution is -2.08. The van der Waals surface area contributed by atoms with Gasteiger partial charge < -0.3 is 9.47 Å². The molecule has 0 aliphatic heterocycles. The second-order valence-corrected chi connectivity index (χ2v) is 5.17. The van der Waals surface area contributed by atoms with E-state index in [0.29, 0.717) is 23.7 Å². The molecule has 24 heavy (non-hydrogen) atoms. The number of ether oxygens (including phenoxy) is 2. The Bertz CT molecular complexity index is 885. The summed E-state index contributed by atoms with van der Waals surface area (Å²) in [4.78, 5) is 12.2. The minimum atomic E-state index is -0.471. The third kappa shape index (κ3) is 3.60. The monoisotopic (exact) mass is 322 g/mol. The molecule has 120 valence electrons. The Morgan fingerprint density at radius 2 is 1.62 bits per heavy atom. The van der Waals surface area contributed by atoms with Crippen molar-refractivity contribution in [2.45, 2.75) is 0 Å². The zero-order valence-electron chi connectivity index (χ0n) is 12.9. The van der Waals surface area contributed by atoms with Crippen LogP contribution in [0.2, 0.25) is 0 Å². The van der Waals surface area contributed by atoms with E-state index >= 15 is 0 Å². The lowest BCUT2D eigenvalue weighted by molar-refractivity contribution is 0.0735. The fourth-order valence-corrected chi connectivity index (χ4v) is 2.27. The van der Waals surface area contributed by atoms with Crippen molar-refractivity contribution in [3.8, 4) is 11.5 Å². The quantitative estimate of drug-likeness (QED) is 0.386. The molecule has 0 aliphatic rings. The van der Waals surface area contributed by atoms with Crippen LogP contribution in [0.5, 0.6) is 11.5 Å². The van der Waals surface area contributed by atoms with Gasteiger partial charge >= 0.3 is 5.97 Å². The summed E-state index contributed by atoms with van der Waals surface area (Å²) in [6, 6.07) is 16.2.